The number of benzene rings is 2. The molecular weight excluding hydrogens is 404 g/mol. The van der Waals surface area contributed by atoms with E-state index in [9.17, 15) is 19.2 Å². The highest BCUT2D eigenvalue weighted by molar-refractivity contribution is 6.03. The number of para-hydroxylation sites is 1. The summed E-state index contributed by atoms with van der Waals surface area (Å²) < 4.78 is 11.7. The van der Waals surface area contributed by atoms with Gasteiger partial charge in [-0.1, -0.05) is 18.2 Å². The first-order valence-electron chi connectivity index (χ1n) is 9.35. The van der Waals surface area contributed by atoms with Gasteiger partial charge in [0.1, 0.15) is 6.54 Å². The maximum absolute atomic E-state index is 12.7. The third-order valence-corrected chi connectivity index (χ3v) is 4.55. The first-order valence-corrected chi connectivity index (χ1v) is 9.35. The van der Waals surface area contributed by atoms with Gasteiger partial charge < -0.3 is 20.1 Å². The van der Waals surface area contributed by atoms with Crippen LogP contribution in [0.1, 0.15) is 15.9 Å². The quantitative estimate of drug-likeness (QED) is 0.539. The zero-order valence-corrected chi connectivity index (χ0v) is 16.2. The molecule has 0 atom stereocenters. The van der Waals surface area contributed by atoms with Gasteiger partial charge in [-0.15, -0.1) is 0 Å². The number of nitrogens with one attached hydrogen (secondary N) is 3. The van der Waals surface area contributed by atoms with Gasteiger partial charge in [0.05, 0.1) is 11.3 Å². The van der Waals surface area contributed by atoms with Crippen LogP contribution in [0.15, 0.2) is 64.3 Å². The molecule has 10 nitrogen and oxygen atoms in total. The van der Waals surface area contributed by atoms with E-state index in [-0.39, 0.29) is 31.4 Å². The molecule has 0 spiro atoms. The molecule has 0 radical (unpaired) electrons. The molecule has 0 unspecified atom stereocenters. The van der Waals surface area contributed by atoms with E-state index in [1.54, 1.807) is 36.4 Å². The Hall–Kier alpha value is -4.34. The van der Waals surface area contributed by atoms with Gasteiger partial charge in [0.2, 0.25) is 12.7 Å². The summed E-state index contributed by atoms with van der Waals surface area (Å²) in [7, 11) is 0. The standard InChI is InChI=1S/C21H18N4O6/c26-18-7-8-25(21(29)24-18)11-19(27)23-15-4-2-1-3-14(15)20(28)22-10-13-5-6-16-17(9-13)31-12-30-16/h1-9H,10-12H2,(H,22,28)(H,23,27)(H,24,26,29). The second-order valence-electron chi connectivity index (χ2n) is 6.70. The van der Waals surface area contributed by atoms with Gasteiger partial charge in [0.25, 0.3) is 11.5 Å². The van der Waals surface area contributed by atoms with Crippen LogP contribution < -0.4 is 31.4 Å². The smallest absolute Gasteiger partial charge is 0.328 e. The van der Waals surface area contributed by atoms with Crippen molar-refractivity contribution >= 4 is 17.5 Å². The summed E-state index contributed by atoms with van der Waals surface area (Å²) in [5.41, 5.74) is 0.152. The van der Waals surface area contributed by atoms with Crippen LogP contribution in [0.3, 0.4) is 0 Å². The Labute approximate surface area is 175 Å². The predicted octanol–water partition coefficient (Wildman–Crippen LogP) is 0.834. The number of fused-ring (bicyclic) bond motifs is 1. The van der Waals surface area contributed by atoms with Crippen LogP contribution in [-0.4, -0.2) is 28.2 Å². The SMILES string of the molecule is O=C(Cn1ccc(=O)[nH]c1=O)Nc1ccccc1C(=O)NCc1ccc2c(c1)OCO2. The summed E-state index contributed by atoms with van der Waals surface area (Å²) in [5, 5.41) is 5.43. The maximum atomic E-state index is 12.7. The fraction of sp³-hybridized carbons (Fsp3) is 0.143. The molecule has 2 amide bonds. The number of rotatable bonds is 6. The number of aromatic amines is 1. The minimum Gasteiger partial charge on any atom is -0.454 e. The number of nitrogens with zero attached hydrogens (tertiary/aromatic N) is 1. The van der Waals surface area contributed by atoms with Crippen molar-refractivity contribution in [2.75, 3.05) is 12.1 Å². The van der Waals surface area contributed by atoms with E-state index in [4.69, 9.17) is 9.47 Å². The Kier molecular flexibility index (Phi) is 5.52. The monoisotopic (exact) mass is 422 g/mol. The van der Waals surface area contributed by atoms with Gasteiger partial charge in [0, 0.05) is 18.8 Å². The van der Waals surface area contributed by atoms with Gasteiger partial charge >= 0.3 is 5.69 Å². The summed E-state index contributed by atoms with van der Waals surface area (Å²) >= 11 is 0. The molecule has 1 aliphatic heterocycles. The lowest BCUT2D eigenvalue weighted by molar-refractivity contribution is -0.116. The van der Waals surface area contributed by atoms with Crippen LogP contribution in [0.5, 0.6) is 11.5 Å². The molecular formula is C21H18N4O6. The number of carbonyl (C=O) groups excluding carboxylic acids is 2. The lowest BCUT2D eigenvalue weighted by Crippen LogP contribution is -2.33. The zero-order valence-electron chi connectivity index (χ0n) is 16.2. The Balaban J connectivity index is 1.42. The Morgan fingerprint density at radius 2 is 1.84 bits per heavy atom. The van der Waals surface area contributed by atoms with E-state index in [1.165, 1.54) is 6.20 Å². The fourth-order valence-corrected chi connectivity index (χ4v) is 3.03. The van der Waals surface area contributed by atoms with Crippen molar-refractivity contribution in [3.8, 4) is 11.5 Å². The van der Waals surface area contributed by atoms with Crippen molar-refractivity contribution in [3.63, 3.8) is 0 Å². The topological polar surface area (TPSA) is 132 Å². The highest BCUT2D eigenvalue weighted by atomic mass is 16.7. The average molecular weight is 422 g/mol. The molecule has 3 aromatic rings. The Morgan fingerprint density at radius 1 is 1.03 bits per heavy atom. The van der Waals surface area contributed by atoms with E-state index < -0.39 is 17.2 Å². The molecule has 158 valence electrons. The summed E-state index contributed by atoms with van der Waals surface area (Å²) in [6, 6.07) is 13.1. The second-order valence-corrected chi connectivity index (χ2v) is 6.70. The molecule has 3 N–H and O–H groups in total. The first kappa shape index (κ1) is 20.0. The number of anilines is 1. The lowest BCUT2D eigenvalue weighted by atomic mass is 10.1. The number of ether oxygens (including phenoxy) is 2. The molecule has 0 saturated carbocycles. The molecule has 4 rings (SSSR count). The van der Waals surface area contributed by atoms with Gasteiger partial charge in [-0.3, -0.25) is 23.9 Å². The van der Waals surface area contributed by atoms with Crippen LogP contribution in [0.25, 0.3) is 0 Å². The maximum Gasteiger partial charge on any atom is 0.328 e. The molecule has 31 heavy (non-hydrogen) atoms. The summed E-state index contributed by atoms with van der Waals surface area (Å²) in [6.45, 7) is 0.108. The molecule has 10 heteroatoms. The van der Waals surface area contributed by atoms with Crippen LogP contribution >= 0.6 is 0 Å². The van der Waals surface area contributed by atoms with Crippen LogP contribution in [0.2, 0.25) is 0 Å². The number of aromatic nitrogens is 2. The minimum atomic E-state index is -0.697. The van der Waals surface area contributed by atoms with Crippen molar-refractivity contribution in [3.05, 3.63) is 86.7 Å². The number of hydrogen-bond donors (Lipinski definition) is 3. The number of amides is 2. The van der Waals surface area contributed by atoms with Crippen molar-refractivity contribution in [1.29, 1.82) is 0 Å². The molecule has 1 aromatic heterocycles. The highest BCUT2D eigenvalue weighted by Gasteiger charge is 2.16. The molecule has 0 fully saturated rings. The molecule has 1 aliphatic rings. The van der Waals surface area contributed by atoms with E-state index in [0.717, 1.165) is 16.2 Å². The van der Waals surface area contributed by atoms with Crippen molar-refractivity contribution in [2.24, 2.45) is 0 Å². The summed E-state index contributed by atoms with van der Waals surface area (Å²) in [4.78, 5) is 50.0. The van der Waals surface area contributed by atoms with E-state index >= 15 is 0 Å². The third kappa shape index (κ3) is 4.64. The van der Waals surface area contributed by atoms with Crippen LogP contribution in [-0.2, 0) is 17.9 Å². The van der Waals surface area contributed by atoms with Crippen molar-refractivity contribution in [2.45, 2.75) is 13.1 Å². The van der Waals surface area contributed by atoms with E-state index in [2.05, 4.69) is 15.6 Å². The third-order valence-electron chi connectivity index (χ3n) is 4.55. The average Bonchev–Trinajstić information content (AvgIpc) is 3.22. The van der Waals surface area contributed by atoms with Gasteiger partial charge in [-0.25, -0.2) is 4.79 Å². The molecule has 0 bridgehead atoms. The van der Waals surface area contributed by atoms with Gasteiger partial charge in [-0.2, -0.15) is 0 Å². The normalized spacial score (nSPS) is 11.7. The molecule has 2 heterocycles. The van der Waals surface area contributed by atoms with Gasteiger partial charge in [-0.05, 0) is 29.8 Å². The fourth-order valence-electron chi connectivity index (χ4n) is 3.03. The molecule has 0 saturated heterocycles. The van der Waals surface area contributed by atoms with Crippen molar-refractivity contribution < 1.29 is 19.1 Å². The Bertz CT molecular complexity index is 1260. The largest absolute Gasteiger partial charge is 0.454 e. The number of hydrogen-bond acceptors (Lipinski definition) is 6. The lowest BCUT2D eigenvalue weighted by Gasteiger charge is -2.12. The Morgan fingerprint density at radius 3 is 2.68 bits per heavy atom. The summed E-state index contributed by atoms with van der Waals surface area (Å²) in [5.74, 6) is 0.376. The second kappa shape index (κ2) is 8.57. The minimum absolute atomic E-state index is 0.170. The van der Waals surface area contributed by atoms with Crippen molar-refractivity contribution in [1.82, 2.24) is 14.9 Å². The number of carbonyl (C=O) groups is 2. The molecule has 0 aliphatic carbocycles. The number of H-pyrrole nitrogens is 1. The highest BCUT2D eigenvalue weighted by Crippen LogP contribution is 2.32. The van der Waals surface area contributed by atoms with Crippen LogP contribution in [0.4, 0.5) is 5.69 Å². The van der Waals surface area contributed by atoms with Crippen LogP contribution in [0, 0.1) is 0 Å². The zero-order chi connectivity index (χ0) is 21.8. The molecule has 2 aromatic carbocycles. The van der Waals surface area contributed by atoms with E-state index in [0.29, 0.717) is 17.2 Å². The first-order chi connectivity index (χ1) is 15.0. The summed E-state index contributed by atoms with van der Waals surface area (Å²) in [6.07, 6.45) is 1.23. The van der Waals surface area contributed by atoms with Gasteiger partial charge in [0.15, 0.2) is 11.5 Å². The predicted molar refractivity (Wildman–Crippen MR) is 110 cm³/mol. The van der Waals surface area contributed by atoms with E-state index in [1.807, 2.05) is 6.07 Å².